The Bertz CT molecular complexity index is 559. The predicted molar refractivity (Wildman–Crippen MR) is 71.3 cm³/mol. The Kier molecular flexibility index (Phi) is 3.72. The van der Waals surface area contributed by atoms with E-state index in [9.17, 15) is 4.39 Å². The van der Waals surface area contributed by atoms with Crippen molar-refractivity contribution in [3.05, 3.63) is 58.9 Å². The number of nitrogen functional groups attached to an aromatic ring is 1. The minimum atomic E-state index is -0.451. The molecule has 2 N–H and O–H groups in total. The van der Waals surface area contributed by atoms with Gasteiger partial charge in [0.15, 0.2) is 0 Å². The molecule has 0 fully saturated rings. The molecule has 0 saturated carbocycles. The molecule has 0 aromatic heterocycles. The van der Waals surface area contributed by atoms with Crippen LogP contribution in [-0.2, 0) is 0 Å². The zero-order valence-electron chi connectivity index (χ0n) is 9.86. The number of halogens is 2. The van der Waals surface area contributed by atoms with Gasteiger partial charge in [0.25, 0.3) is 0 Å². The van der Waals surface area contributed by atoms with Gasteiger partial charge in [-0.2, -0.15) is 0 Å². The number of hydrogen-bond acceptors (Lipinski definition) is 2. The summed E-state index contributed by atoms with van der Waals surface area (Å²) in [5, 5.41) is 0.639. The smallest absolute Gasteiger partial charge is 0.146 e. The first-order valence-electron chi connectivity index (χ1n) is 5.54. The van der Waals surface area contributed by atoms with Gasteiger partial charge in [0.1, 0.15) is 17.7 Å². The third kappa shape index (κ3) is 2.74. The quantitative estimate of drug-likeness (QED) is 0.844. The molecule has 18 heavy (non-hydrogen) atoms. The summed E-state index contributed by atoms with van der Waals surface area (Å²) in [5.74, 6) is 0.0640. The first-order chi connectivity index (χ1) is 8.58. The lowest BCUT2D eigenvalue weighted by Crippen LogP contribution is -2.04. The lowest BCUT2D eigenvalue weighted by molar-refractivity contribution is 0.227. The van der Waals surface area contributed by atoms with Gasteiger partial charge < -0.3 is 10.5 Å². The summed E-state index contributed by atoms with van der Waals surface area (Å²) >= 11 is 6.08. The van der Waals surface area contributed by atoms with Gasteiger partial charge in [-0.3, -0.25) is 0 Å². The van der Waals surface area contributed by atoms with Crippen molar-refractivity contribution in [1.82, 2.24) is 0 Å². The van der Waals surface area contributed by atoms with E-state index in [-0.39, 0.29) is 11.8 Å². The first-order valence-corrected chi connectivity index (χ1v) is 5.92. The fraction of sp³-hybridized carbons (Fsp3) is 0.143. The summed E-state index contributed by atoms with van der Waals surface area (Å²) in [5.41, 5.74) is 6.43. The van der Waals surface area contributed by atoms with Crippen molar-refractivity contribution >= 4 is 17.3 Å². The maximum absolute atomic E-state index is 13.0. The molecular formula is C14H13ClFNO. The third-order valence-corrected chi connectivity index (χ3v) is 2.97. The molecule has 0 saturated heterocycles. The molecule has 0 amide bonds. The van der Waals surface area contributed by atoms with E-state index in [0.29, 0.717) is 10.8 Å². The minimum absolute atomic E-state index is 0.0684. The van der Waals surface area contributed by atoms with E-state index in [0.717, 1.165) is 5.56 Å². The van der Waals surface area contributed by atoms with Crippen molar-refractivity contribution in [1.29, 1.82) is 0 Å². The molecule has 2 rings (SSSR count). The Hall–Kier alpha value is -1.74. The molecule has 2 aromatic rings. The summed E-state index contributed by atoms with van der Waals surface area (Å²) in [6.07, 6.45) is -0.233. The summed E-state index contributed by atoms with van der Waals surface area (Å²) in [4.78, 5) is 0. The number of nitrogens with two attached hydrogens (primary N) is 1. The number of ether oxygens (including phenoxy) is 1. The highest BCUT2D eigenvalue weighted by molar-refractivity contribution is 6.31. The minimum Gasteiger partial charge on any atom is -0.486 e. The second-order valence-corrected chi connectivity index (χ2v) is 4.37. The Morgan fingerprint density at radius 2 is 1.94 bits per heavy atom. The van der Waals surface area contributed by atoms with Crippen molar-refractivity contribution in [2.75, 3.05) is 5.73 Å². The zero-order valence-corrected chi connectivity index (χ0v) is 10.6. The number of benzene rings is 2. The van der Waals surface area contributed by atoms with Crippen LogP contribution in [0, 0.1) is 5.82 Å². The Labute approximate surface area is 110 Å². The average Bonchev–Trinajstić information content (AvgIpc) is 2.34. The highest BCUT2D eigenvalue weighted by Gasteiger charge is 2.11. The van der Waals surface area contributed by atoms with Crippen LogP contribution in [0.25, 0.3) is 0 Å². The molecular weight excluding hydrogens is 253 g/mol. The molecule has 0 spiro atoms. The van der Waals surface area contributed by atoms with Crippen LogP contribution in [0.15, 0.2) is 42.5 Å². The normalized spacial score (nSPS) is 12.2. The van der Waals surface area contributed by atoms with Crippen LogP contribution >= 0.6 is 11.6 Å². The summed E-state index contributed by atoms with van der Waals surface area (Å²) < 4.78 is 18.7. The highest BCUT2D eigenvalue weighted by atomic mass is 35.5. The summed E-state index contributed by atoms with van der Waals surface area (Å²) in [7, 11) is 0. The van der Waals surface area contributed by atoms with Gasteiger partial charge >= 0.3 is 0 Å². The van der Waals surface area contributed by atoms with Gasteiger partial charge in [-0.1, -0.05) is 29.8 Å². The van der Waals surface area contributed by atoms with Gasteiger partial charge in [-0.15, -0.1) is 0 Å². The summed E-state index contributed by atoms with van der Waals surface area (Å²) in [6.45, 7) is 1.88. The average molecular weight is 266 g/mol. The molecule has 1 unspecified atom stereocenters. The molecule has 0 aliphatic heterocycles. The maximum Gasteiger partial charge on any atom is 0.146 e. The van der Waals surface area contributed by atoms with Crippen molar-refractivity contribution in [3.8, 4) is 5.75 Å². The zero-order chi connectivity index (χ0) is 13.1. The number of rotatable bonds is 3. The topological polar surface area (TPSA) is 35.2 Å². The molecule has 4 heteroatoms. The predicted octanol–water partition coefficient (Wildman–Crippen LogP) is 4.20. The van der Waals surface area contributed by atoms with Crippen molar-refractivity contribution < 1.29 is 9.13 Å². The molecule has 0 bridgehead atoms. The van der Waals surface area contributed by atoms with Crippen LogP contribution in [0.1, 0.15) is 18.6 Å². The van der Waals surface area contributed by atoms with E-state index in [4.69, 9.17) is 22.1 Å². The van der Waals surface area contributed by atoms with E-state index in [1.165, 1.54) is 12.1 Å². The van der Waals surface area contributed by atoms with Crippen LogP contribution in [0.3, 0.4) is 0 Å². The molecule has 0 aliphatic carbocycles. The standard InChI is InChI=1S/C14H13ClFNO/c1-9(11-4-2-3-5-12(11)15)18-10-6-7-13(16)14(17)8-10/h2-9H,17H2,1H3. The highest BCUT2D eigenvalue weighted by Crippen LogP contribution is 2.28. The first kappa shape index (κ1) is 12.7. The van der Waals surface area contributed by atoms with Crippen LogP contribution in [-0.4, -0.2) is 0 Å². The van der Waals surface area contributed by atoms with E-state index in [1.807, 2.05) is 25.1 Å². The van der Waals surface area contributed by atoms with E-state index in [1.54, 1.807) is 12.1 Å². The fourth-order valence-corrected chi connectivity index (χ4v) is 1.96. The van der Waals surface area contributed by atoms with Crippen molar-refractivity contribution in [2.24, 2.45) is 0 Å². The van der Waals surface area contributed by atoms with Crippen LogP contribution < -0.4 is 10.5 Å². The van der Waals surface area contributed by atoms with Gasteiger partial charge in [-0.05, 0) is 25.1 Å². The third-order valence-electron chi connectivity index (χ3n) is 2.62. The maximum atomic E-state index is 13.0. The second kappa shape index (κ2) is 5.27. The SMILES string of the molecule is CC(Oc1ccc(F)c(N)c1)c1ccccc1Cl. The largest absolute Gasteiger partial charge is 0.486 e. The van der Waals surface area contributed by atoms with Gasteiger partial charge in [0.2, 0.25) is 0 Å². The molecule has 0 radical (unpaired) electrons. The van der Waals surface area contributed by atoms with Gasteiger partial charge in [-0.25, -0.2) is 4.39 Å². The van der Waals surface area contributed by atoms with E-state index < -0.39 is 5.82 Å². The van der Waals surface area contributed by atoms with Crippen molar-refractivity contribution in [3.63, 3.8) is 0 Å². The van der Waals surface area contributed by atoms with E-state index in [2.05, 4.69) is 0 Å². The Morgan fingerprint density at radius 3 is 2.61 bits per heavy atom. The Morgan fingerprint density at radius 1 is 1.22 bits per heavy atom. The lowest BCUT2D eigenvalue weighted by atomic mass is 10.1. The second-order valence-electron chi connectivity index (χ2n) is 3.96. The molecule has 2 aromatic carbocycles. The summed E-state index contributed by atoms with van der Waals surface area (Å²) in [6, 6.07) is 11.7. The van der Waals surface area contributed by atoms with Crippen LogP contribution in [0.2, 0.25) is 5.02 Å². The Balaban J connectivity index is 2.19. The molecule has 2 nitrogen and oxygen atoms in total. The monoisotopic (exact) mass is 265 g/mol. The van der Waals surface area contributed by atoms with Crippen LogP contribution in [0.4, 0.5) is 10.1 Å². The van der Waals surface area contributed by atoms with Gasteiger partial charge in [0.05, 0.1) is 5.69 Å². The molecule has 1 atom stereocenters. The van der Waals surface area contributed by atoms with Crippen LogP contribution in [0.5, 0.6) is 5.75 Å². The lowest BCUT2D eigenvalue weighted by Gasteiger charge is -2.16. The van der Waals surface area contributed by atoms with E-state index >= 15 is 0 Å². The fourth-order valence-electron chi connectivity index (χ4n) is 1.67. The number of hydrogen-bond donors (Lipinski definition) is 1. The number of anilines is 1. The molecule has 0 heterocycles. The molecule has 0 aliphatic rings. The molecule has 94 valence electrons. The van der Waals surface area contributed by atoms with Crippen molar-refractivity contribution in [2.45, 2.75) is 13.0 Å². The van der Waals surface area contributed by atoms with Gasteiger partial charge in [0, 0.05) is 16.7 Å².